The summed E-state index contributed by atoms with van der Waals surface area (Å²) in [4.78, 5) is 0. The molecule has 0 aliphatic heterocycles. The monoisotopic (exact) mass is 274 g/mol. The molecule has 2 nitrogen and oxygen atoms in total. The summed E-state index contributed by atoms with van der Waals surface area (Å²) >= 11 is 0. The molecule has 0 aliphatic carbocycles. The van der Waals surface area contributed by atoms with E-state index >= 15 is 0 Å². The van der Waals surface area contributed by atoms with Crippen molar-refractivity contribution in [3.8, 4) is 16.9 Å². The molecule has 2 heteroatoms. The molecule has 1 heterocycles. The molecule has 0 spiro atoms. The minimum atomic E-state index is 0.864. The van der Waals surface area contributed by atoms with Crippen molar-refractivity contribution in [2.75, 3.05) is 7.11 Å². The van der Waals surface area contributed by atoms with Crippen molar-refractivity contribution in [2.45, 2.75) is 0 Å². The minimum absolute atomic E-state index is 0.864. The zero-order valence-corrected chi connectivity index (χ0v) is 11.7. The molecular weight excluding hydrogens is 260 g/mol. The Morgan fingerprint density at radius 1 is 0.762 bits per heavy atom. The largest absolute Gasteiger partial charge is 0.497 e. The fraction of sp³-hybridized carbons (Fsp3) is 0.0526. The summed E-state index contributed by atoms with van der Waals surface area (Å²) in [6.07, 6.45) is 0. The van der Waals surface area contributed by atoms with Crippen LogP contribution in [0.5, 0.6) is 5.75 Å². The molecule has 0 bridgehead atoms. The van der Waals surface area contributed by atoms with Gasteiger partial charge in [-0.25, -0.2) is 0 Å². The first-order chi connectivity index (χ1) is 10.4. The number of fused-ring (bicyclic) bond motifs is 3. The molecule has 0 unspecified atom stereocenters. The van der Waals surface area contributed by atoms with Gasteiger partial charge >= 0.3 is 0 Å². The van der Waals surface area contributed by atoms with E-state index in [0.717, 1.165) is 27.9 Å². The lowest BCUT2D eigenvalue weighted by Crippen LogP contribution is -1.83. The van der Waals surface area contributed by atoms with E-state index in [4.69, 9.17) is 9.15 Å². The van der Waals surface area contributed by atoms with Crippen molar-refractivity contribution < 1.29 is 9.15 Å². The Morgan fingerprint density at radius 2 is 1.52 bits per heavy atom. The topological polar surface area (TPSA) is 22.4 Å². The highest BCUT2D eigenvalue weighted by Crippen LogP contribution is 2.36. The summed E-state index contributed by atoms with van der Waals surface area (Å²) in [5.74, 6) is 0.864. The lowest BCUT2D eigenvalue weighted by Gasteiger charge is -2.05. The van der Waals surface area contributed by atoms with E-state index in [2.05, 4.69) is 24.3 Å². The summed E-state index contributed by atoms with van der Waals surface area (Å²) in [7, 11) is 1.68. The summed E-state index contributed by atoms with van der Waals surface area (Å²) < 4.78 is 11.2. The first-order valence-corrected chi connectivity index (χ1v) is 6.91. The van der Waals surface area contributed by atoms with Gasteiger partial charge in [0.25, 0.3) is 0 Å². The minimum Gasteiger partial charge on any atom is -0.497 e. The fourth-order valence-corrected chi connectivity index (χ4v) is 2.79. The predicted molar refractivity (Wildman–Crippen MR) is 85.7 cm³/mol. The van der Waals surface area contributed by atoms with Gasteiger partial charge in [0, 0.05) is 10.8 Å². The highest BCUT2D eigenvalue weighted by atomic mass is 16.5. The molecule has 0 radical (unpaired) electrons. The third-order valence-electron chi connectivity index (χ3n) is 3.80. The standard InChI is InChI=1S/C19H14O2/c1-20-14-11-9-13(10-12-14)15-6-4-8-18-19(15)16-5-2-3-7-17(16)21-18/h2-12H,1H3. The van der Waals surface area contributed by atoms with Crippen LogP contribution in [0.25, 0.3) is 33.1 Å². The van der Waals surface area contributed by atoms with Crippen LogP contribution in [0.15, 0.2) is 71.1 Å². The first kappa shape index (κ1) is 12.0. The van der Waals surface area contributed by atoms with Gasteiger partial charge in [-0.3, -0.25) is 0 Å². The average Bonchev–Trinajstić information content (AvgIpc) is 2.93. The summed E-state index contributed by atoms with van der Waals surface area (Å²) in [5.41, 5.74) is 4.19. The second kappa shape index (κ2) is 4.67. The van der Waals surface area contributed by atoms with Crippen molar-refractivity contribution in [1.82, 2.24) is 0 Å². The Hall–Kier alpha value is -2.74. The zero-order valence-electron chi connectivity index (χ0n) is 11.7. The highest BCUT2D eigenvalue weighted by molar-refractivity contribution is 6.12. The molecule has 4 aromatic rings. The van der Waals surface area contributed by atoms with Gasteiger partial charge in [-0.1, -0.05) is 42.5 Å². The maximum atomic E-state index is 5.93. The van der Waals surface area contributed by atoms with Crippen LogP contribution < -0.4 is 4.74 Å². The summed E-state index contributed by atoms with van der Waals surface area (Å²) in [6, 6.07) is 22.5. The van der Waals surface area contributed by atoms with E-state index in [-0.39, 0.29) is 0 Å². The number of methoxy groups -OCH3 is 1. The SMILES string of the molecule is COc1ccc(-c2cccc3oc4ccccc4c23)cc1. The van der Waals surface area contributed by atoms with Crippen LogP contribution in [0.2, 0.25) is 0 Å². The third kappa shape index (κ3) is 1.88. The Kier molecular flexibility index (Phi) is 2.68. The molecular formula is C19H14O2. The second-order valence-electron chi connectivity index (χ2n) is 5.01. The maximum Gasteiger partial charge on any atom is 0.136 e. The number of hydrogen-bond acceptors (Lipinski definition) is 2. The number of furan rings is 1. The molecule has 102 valence electrons. The lowest BCUT2D eigenvalue weighted by atomic mass is 9.99. The average molecular weight is 274 g/mol. The smallest absolute Gasteiger partial charge is 0.136 e. The molecule has 0 amide bonds. The van der Waals surface area contributed by atoms with Crippen LogP contribution in [0, 0.1) is 0 Å². The van der Waals surface area contributed by atoms with Gasteiger partial charge in [0.05, 0.1) is 7.11 Å². The molecule has 0 aliphatic rings. The van der Waals surface area contributed by atoms with E-state index in [1.807, 2.05) is 42.5 Å². The second-order valence-corrected chi connectivity index (χ2v) is 5.01. The lowest BCUT2D eigenvalue weighted by molar-refractivity contribution is 0.415. The summed E-state index contributed by atoms with van der Waals surface area (Å²) in [6.45, 7) is 0. The van der Waals surface area contributed by atoms with Gasteiger partial charge in [-0.05, 0) is 35.4 Å². The molecule has 1 aromatic heterocycles. The summed E-state index contributed by atoms with van der Waals surface area (Å²) in [5, 5.41) is 2.32. The molecule has 0 N–H and O–H groups in total. The van der Waals surface area contributed by atoms with Crippen LogP contribution in [-0.2, 0) is 0 Å². The van der Waals surface area contributed by atoms with E-state index < -0.39 is 0 Å². The Bertz CT molecular complexity index is 917. The molecule has 0 fully saturated rings. The molecule has 0 saturated carbocycles. The van der Waals surface area contributed by atoms with Gasteiger partial charge < -0.3 is 9.15 Å². The van der Waals surface area contributed by atoms with Crippen molar-refractivity contribution in [1.29, 1.82) is 0 Å². The third-order valence-corrected chi connectivity index (χ3v) is 3.80. The molecule has 4 rings (SSSR count). The van der Waals surface area contributed by atoms with Crippen LogP contribution >= 0.6 is 0 Å². The number of rotatable bonds is 2. The highest BCUT2D eigenvalue weighted by Gasteiger charge is 2.11. The number of para-hydroxylation sites is 1. The van der Waals surface area contributed by atoms with Crippen molar-refractivity contribution in [3.63, 3.8) is 0 Å². The Labute approximate surface area is 122 Å². The van der Waals surface area contributed by atoms with E-state index in [1.165, 1.54) is 10.9 Å². The Balaban J connectivity index is 2.03. The van der Waals surface area contributed by atoms with E-state index in [0.29, 0.717) is 0 Å². The van der Waals surface area contributed by atoms with Gasteiger partial charge in [0.15, 0.2) is 0 Å². The van der Waals surface area contributed by atoms with Gasteiger partial charge in [-0.2, -0.15) is 0 Å². The quantitative estimate of drug-likeness (QED) is 0.497. The van der Waals surface area contributed by atoms with Crippen LogP contribution in [0.3, 0.4) is 0 Å². The van der Waals surface area contributed by atoms with Crippen molar-refractivity contribution in [2.24, 2.45) is 0 Å². The first-order valence-electron chi connectivity index (χ1n) is 6.91. The number of hydrogen-bond donors (Lipinski definition) is 0. The van der Waals surface area contributed by atoms with Gasteiger partial charge in [0.1, 0.15) is 16.9 Å². The molecule has 3 aromatic carbocycles. The van der Waals surface area contributed by atoms with Gasteiger partial charge in [-0.15, -0.1) is 0 Å². The van der Waals surface area contributed by atoms with Gasteiger partial charge in [0.2, 0.25) is 0 Å². The zero-order chi connectivity index (χ0) is 14.2. The maximum absolute atomic E-state index is 5.93. The number of benzene rings is 3. The van der Waals surface area contributed by atoms with Crippen molar-refractivity contribution in [3.05, 3.63) is 66.7 Å². The molecule has 21 heavy (non-hydrogen) atoms. The normalized spacial score (nSPS) is 11.1. The van der Waals surface area contributed by atoms with E-state index in [9.17, 15) is 0 Å². The van der Waals surface area contributed by atoms with Crippen LogP contribution in [0.1, 0.15) is 0 Å². The number of ether oxygens (including phenoxy) is 1. The van der Waals surface area contributed by atoms with E-state index in [1.54, 1.807) is 7.11 Å². The van der Waals surface area contributed by atoms with Crippen molar-refractivity contribution >= 4 is 21.9 Å². The Morgan fingerprint density at radius 3 is 2.33 bits per heavy atom. The molecule has 0 atom stereocenters. The van der Waals surface area contributed by atoms with Crippen LogP contribution in [-0.4, -0.2) is 7.11 Å². The predicted octanol–water partition coefficient (Wildman–Crippen LogP) is 5.26. The van der Waals surface area contributed by atoms with Crippen LogP contribution in [0.4, 0.5) is 0 Å². The molecule has 0 saturated heterocycles. The fourth-order valence-electron chi connectivity index (χ4n) is 2.79.